The second kappa shape index (κ2) is 6.76. The lowest BCUT2D eigenvalue weighted by molar-refractivity contribution is -0.116. The molecule has 0 radical (unpaired) electrons. The molecule has 4 aromatic rings. The van der Waals surface area contributed by atoms with Crippen LogP contribution in [0.5, 0.6) is 0 Å². The van der Waals surface area contributed by atoms with Crippen molar-refractivity contribution in [3.8, 4) is 0 Å². The monoisotopic (exact) mass is 343 g/mol. The van der Waals surface area contributed by atoms with Gasteiger partial charge in [0.15, 0.2) is 0 Å². The Kier molecular flexibility index (Phi) is 4.15. The van der Waals surface area contributed by atoms with E-state index in [0.29, 0.717) is 12.2 Å². The van der Waals surface area contributed by atoms with Gasteiger partial charge in [-0.1, -0.05) is 24.3 Å². The molecule has 0 fully saturated rings. The molecule has 0 bridgehead atoms. The Morgan fingerprint density at radius 2 is 1.77 bits per heavy atom. The van der Waals surface area contributed by atoms with Crippen LogP contribution in [0, 0.1) is 0 Å². The number of rotatable bonds is 4. The van der Waals surface area contributed by atoms with Crippen LogP contribution >= 0.6 is 0 Å². The minimum Gasteiger partial charge on any atom is -0.345 e. The minimum atomic E-state index is -0.202. The van der Waals surface area contributed by atoms with Gasteiger partial charge in [-0.15, -0.1) is 0 Å². The van der Waals surface area contributed by atoms with Crippen LogP contribution in [0.3, 0.4) is 0 Å². The molecule has 0 saturated carbocycles. The van der Waals surface area contributed by atoms with E-state index in [1.54, 1.807) is 12.3 Å². The number of imidazole rings is 1. The minimum absolute atomic E-state index is 0.202. The van der Waals surface area contributed by atoms with Crippen LogP contribution in [0.25, 0.3) is 28.1 Å². The van der Waals surface area contributed by atoms with E-state index >= 15 is 0 Å². The third kappa shape index (κ3) is 3.17. The summed E-state index contributed by atoms with van der Waals surface area (Å²) in [7, 11) is 1.94. The molecule has 2 heterocycles. The summed E-state index contributed by atoms with van der Waals surface area (Å²) in [5, 5.41) is 2.85. The van der Waals surface area contributed by atoms with Gasteiger partial charge in [0.25, 0.3) is 0 Å². The Morgan fingerprint density at radius 3 is 2.58 bits per heavy atom. The van der Waals surface area contributed by atoms with E-state index in [1.165, 1.54) is 6.08 Å². The molecular weight excluding hydrogens is 326 g/mol. The Bertz CT molecular complexity index is 1130. The number of aromatic nitrogens is 4. The maximum atomic E-state index is 12.1. The third-order valence-corrected chi connectivity index (χ3v) is 4.17. The van der Waals surface area contributed by atoms with Crippen molar-refractivity contribution in [1.82, 2.24) is 24.8 Å². The Hall–Kier alpha value is -3.54. The highest BCUT2D eigenvalue weighted by atomic mass is 16.1. The number of hydrogen-bond acceptors (Lipinski definition) is 4. The second-order valence-corrected chi connectivity index (χ2v) is 5.91. The fraction of sp³-hybridized carbons (Fsp3) is 0.100. The molecule has 0 aliphatic rings. The number of para-hydroxylation sites is 4. The SMILES string of the molecule is Cn1c(CNC(=O)/C=C/c2cnc3ccccc3n2)nc2ccccc21. The summed E-state index contributed by atoms with van der Waals surface area (Å²) in [6, 6.07) is 15.5. The summed E-state index contributed by atoms with van der Waals surface area (Å²) in [5.41, 5.74) is 4.23. The van der Waals surface area contributed by atoms with Crippen LogP contribution in [0.15, 0.2) is 60.8 Å². The normalized spacial score (nSPS) is 11.4. The molecule has 26 heavy (non-hydrogen) atoms. The van der Waals surface area contributed by atoms with Crippen LogP contribution < -0.4 is 5.32 Å². The molecule has 2 aromatic heterocycles. The fourth-order valence-corrected chi connectivity index (χ4v) is 2.79. The number of benzene rings is 2. The molecule has 4 rings (SSSR count). The predicted octanol–water partition coefficient (Wildman–Crippen LogP) is 2.85. The zero-order chi connectivity index (χ0) is 17.9. The van der Waals surface area contributed by atoms with Crippen LogP contribution in [0.1, 0.15) is 11.5 Å². The highest BCUT2D eigenvalue weighted by Crippen LogP contribution is 2.14. The van der Waals surface area contributed by atoms with Crippen molar-refractivity contribution in [3.63, 3.8) is 0 Å². The molecule has 0 spiro atoms. The summed E-state index contributed by atoms with van der Waals surface area (Å²) < 4.78 is 1.98. The van der Waals surface area contributed by atoms with Crippen molar-refractivity contribution in [2.24, 2.45) is 7.05 Å². The smallest absolute Gasteiger partial charge is 0.244 e. The summed E-state index contributed by atoms with van der Waals surface area (Å²) >= 11 is 0. The number of aryl methyl sites for hydroxylation is 1. The lowest BCUT2D eigenvalue weighted by Gasteiger charge is -2.03. The molecule has 2 aromatic carbocycles. The van der Waals surface area contributed by atoms with Gasteiger partial charge in [0.1, 0.15) is 5.82 Å². The van der Waals surface area contributed by atoms with Crippen LogP contribution in [-0.4, -0.2) is 25.4 Å². The van der Waals surface area contributed by atoms with Gasteiger partial charge in [0.2, 0.25) is 5.91 Å². The van der Waals surface area contributed by atoms with E-state index < -0.39 is 0 Å². The molecule has 0 aliphatic heterocycles. The molecule has 128 valence electrons. The van der Waals surface area contributed by atoms with Gasteiger partial charge in [-0.25, -0.2) is 9.97 Å². The van der Waals surface area contributed by atoms with Crippen molar-refractivity contribution in [2.45, 2.75) is 6.54 Å². The summed E-state index contributed by atoms with van der Waals surface area (Å²) in [6.07, 6.45) is 4.77. The summed E-state index contributed by atoms with van der Waals surface area (Å²) in [4.78, 5) is 25.4. The maximum absolute atomic E-state index is 12.1. The number of carbonyl (C=O) groups excluding carboxylic acids is 1. The fourth-order valence-electron chi connectivity index (χ4n) is 2.79. The van der Waals surface area contributed by atoms with Crippen LogP contribution in [-0.2, 0) is 18.4 Å². The quantitative estimate of drug-likeness (QED) is 0.578. The number of nitrogens with one attached hydrogen (secondary N) is 1. The topological polar surface area (TPSA) is 72.7 Å². The first-order valence-corrected chi connectivity index (χ1v) is 8.29. The van der Waals surface area contributed by atoms with Gasteiger partial charge < -0.3 is 9.88 Å². The van der Waals surface area contributed by atoms with Gasteiger partial charge in [-0.3, -0.25) is 9.78 Å². The van der Waals surface area contributed by atoms with Crippen molar-refractivity contribution in [1.29, 1.82) is 0 Å². The lowest BCUT2D eigenvalue weighted by Crippen LogP contribution is -2.22. The second-order valence-electron chi connectivity index (χ2n) is 5.91. The van der Waals surface area contributed by atoms with Gasteiger partial charge in [0, 0.05) is 13.1 Å². The molecular formula is C20H17N5O. The van der Waals surface area contributed by atoms with Crippen LogP contribution in [0.2, 0.25) is 0 Å². The molecule has 0 atom stereocenters. The summed E-state index contributed by atoms with van der Waals surface area (Å²) in [5.74, 6) is 0.602. The van der Waals surface area contributed by atoms with Crippen molar-refractivity contribution >= 4 is 34.1 Å². The third-order valence-electron chi connectivity index (χ3n) is 4.17. The van der Waals surface area contributed by atoms with Gasteiger partial charge in [0.05, 0.1) is 40.5 Å². The first kappa shape index (κ1) is 16.0. The van der Waals surface area contributed by atoms with E-state index in [1.807, 2.05) is 60.1 Å². The standard InChI is InChI=1S/C20H17N5O/c1-25-18-9-5-4-8-17(18)24-19(25)13-22-20(26)11-10-14-12-21-15-6-2-3-7-16(15)23-14/h2-12H,13H2,1H3,(H,22,26)/b11-10+. The molecule has 6 nitrogen and oxygen atoms in total. The van der Waals surface area contributed by atoms with Crippen molar-refractivity contribution in [3.05, 3.63) is 72.3 Å². The Labute approximate surface area is 150 Å². The molecule has 0 aliphatic carbocycles. The zero-order valence-electron chi connectivity index (χ0n) is 14.3. The molecule has 1 N–H and O–H groups in total. The number of fused-ring (bicyclic) bond motifs is 2. The highest BCUT2D eigenvalue weighted by molar-refractivity contribution is 5.91. The van der Waals surface area contributed by atoms with Crippen molar-refractivity contribution in [2.75, 3.05) is 0 Å². The predicted molar refractivity (Wildman–Crippen MR) is 101 cm³/mol. The maximum Gasteiger partial charge on any atom is 0.244 e. The average molecular weight is 343 g/mol. The van der Waals surface area contributed by atoms with E-state index in [2.05, 4.69) is 20.3 Å². The van der Waals surface area contributed by atoms with E-state index in [4.69, 9.17) is 0 Å². The lowest BCUT2D eigenvalue weighted by atomic mass is 10.3. The first-order valence-electron chi connectivity index (χ1n) is 8.29. The van der Waals surface area contributed by atoms with Gasteiger partial charge in [-0.2, -0.15) is 0 Å². The molecule has 1 amide bonds. The highest BCUT2D eigenvalue weighted by Gasteiger charge is 2.07. The number of hydrogen-bond donors (Lipinski definition) is 1. The molecule has 0 unspecified atom stereocenters. The Morgan fingerprint density at radius 1 is 1.04 bits per heavy atom. The number of carbonyl (C=O) groups is 1. The molecule has 0 saturated heterocycles. The largest absolute Gasteiger partial charge is 0.345 e. The van der Waals surface area contributed by atoms with E-state index in [0.717, 1.165) is 27.9 Å². The molecule has 6 heteroatoms. The van der Waals surface area contributed by atoms with Crippen molar-refractivity contribution < 1.29 is 4.79 Å². The Balaban J connectivity index is 1.44. The number of amides is 1. The van der Waals surface area contributed by atoms with Gasteiger partial charge >= 0.3 is 0 Å². The van der Waals surface area contributed by atoms with E-state index in [9.17, 15) is 4.79 Å². The zero-order valence-corrected chi connectivity index (χ0v) is 14.3. The van der Waals surface area contributed by atoms with Crippen LogP contribution in [0.4, 0.5) is 0 Å². The van der Waals surface area contributed by atoms with Gasteiger partial charge in [-0.05, 0) is 30.3 Å². The first-order chi connectivity index (χ1) is 12.7. The summed E-state index contributed by atoms with van der Waals surface area (Å²) in [6.45, 7) is 0.359. The average Bonchev–Trinajstić information content (AvgIpc) is 3.00. The number of nitrogens with zero attached hydrogens (tertiary/aromatic N) is 4. The van der Waals surface area contributed by atoms with E-state index in [-0.39, 0.29) is 5.91 Å².